The lowest BCUT2D eigenvalue weighted by atomic mass is 9.99. The number of rotatable bonds is 4. The molecule has 274 valence electrons. The molecular weight excluding hydrogens is 741 g/mol. The summed E-state index contributed by atoms with van der Waals surface area (Å²) in [6.07, 6.45) is 0. The van der Waals surface area contributed by atoms with Crippen molar-refractivity contribution >= 4 is 96.8 Å². The normalized spacial score (nSPS) is 12.1. The molecule has 13 aromatic rings. The molecule has 0 bridgehead atoms. The maximum atomic E-state index is 6.90. The molecule has 0 amide bonds. The second-order valence-electron chi connectivity index (χ2n) is 15.1. The number of para-hydroxylation sites is 1. The lowest BCUT2D eigenvalue weighted by Crippen LogP contribution is -2.00. The van der Waals surface area contributed by atoms with E-state index < -0.39 is 0 Å². The number of fused-ring (bicyclic) bond motifs is 12. The highest BCUT2D eigenvalue weighted by atomic mass is 32.1. The van der Waals surface area contributed by atoms with Gasteiger partial charge in [0.1, 0.15) is 11.2 Å². The van der Waals surface area contributed by atoms with Gasteiger partial charge in [0, 0.05) is 69.9 Å². The van der Waals surface area contributed by atoms with Crippen molar-refractivity contribution < 1.29 is 4.42 Å². The largest absolute Gasteiger partial charge is 0.456 e. The second kappa shape index (κ2) is 12.4. The van der Waals surface area contributed by atoms with Crippen molar-refractivity contribution in [1.82, 2.24) is 19.5 Å². The molecule has 0 radical (unpaired) electrons. The first-order chi connectivity index (χ1) is 29.2. The summed E-state index contributed by atoms with van der Waals surface area (Å²) >= 11 is 1.79. The molecule has 0 fully saturated rings. The summed E-state index contributed by atoms with van der Waals surface area (Å²) in [6.45, 7) is 0. The van der Waals surface area contributed by atoms with Crippen LogP contribution in [0.5, 0.6) is 0 Å². The molecule has 0 saturated carbocycles. The zero-order chi connectivity index (χ0) is 38.6. The Kier molecular flexibility index (Phi) is 6.82. The van der Waals surface area contributed by atoms with Crippen molar-refractivity contribution in [2.75, 3.05) is 0 Å². The second-order valence-corrected chi connectivity index (χ2v) is 16.2. The molecule has 13 rings (SSSR count). The Labute approximate surface area is 341 Å². The van der Waals surface area contributed by atoms with Gasteiger partial charge >= 0.3 is 0 Å². The molecule has 0 saturated heterocycles. The van der Waals surface area contributed by atoms with Crippen LogP contribution in [0.3, 0.4) is 0 Å². The van der Waals surface area contributed by atoms with Gasteiger partial charge in [-0.15, -0.1) is 11.3 Å². The molecule has 0 aliphatic heterocycles. The van der Waals surface area contributed by atoms with Crippen LogP contribution in [-0.2, 0) is 0 Å². The fourth-order valence-electron chi connectivity index (χ4n) is 9.24. The van der Waals surface area contributed by atoms with E-state index in [0.717, 1.165) is 71.5 Å². The number of hydrogen-bond donors (Lipinski definition) is 0. The molecule has 0 aliphatic rings. The summed E-state index contributed by atoms with van der Waals surface area (Å²) in [6, 6.07) is 64.3. The van der Waals surface area contributed by atoms with Crippen LogP contribution in [0.1, 0.15) is 0 Å². The van der Waals surface area contributed by atoms with Gasteiger partial charge in [0.2, 0.25) is 0 Å². The molecule has 4 aromatic heterocycles. The van der Waals surface area contributed by atoms with E-state index in [4.69, 9.17) is 19.4 Å². The Morgan fingerprint density at radius 3 is 1.85 bits per heavy atom. The first-order valence-corrected chi connectivity index (χ1v) is 20.6. The van der Waals surface area contributed by atoms with Gasteiger partial charge in [0.25, 0.3) is 0 Å². The Morgan fingerprint density at radius 2 is 1.02 bits per heavy atom. The standard InChI is InChI=1S/C53H30N4OS/c1-2-14-31(15-3-1)51-54-52(38-23-13-27-47-48(38)37-21-9-11-26-46(37)59-47)56-53(55-51)39-22-12-25-44-50(39)49-36-20-7-6-18-34(36)43(30-45(49)58-44)57-41-24-10-8-19-35(41)40-28-32-16-4-5-17-33(32)29-42(40)57/h1-30H. The van der Waals surface area contributed by atoms with Crippen LogP contribution in [0.4, 0.5) is 0 Å². The van der Waals surface area contributed by atoms with Crippen LogP contribution < -0.4 is 0 Å². The van der Waals surface area contributed by atoms with Crippen LogP contribution in [0, 0.1) is 0 Å². The van der Waals surface area contributed by atoms with Crippen molar-refractivity contribution in [2.24, 2.45) is 0 Å². The fraction of sp³-hybridized carbons (Fsp3) is 0. The van der Waals surface area contributed by atoms with Crippen molar-refractivity contribution in [3.8, 4) is 39.9 Å². The van der Waals surface area contributed by atoms with Gasteiger partial charge in [0.05, 0.1) is 16.7 Å². The third kappa shape index (κ3) is 4.81. The average Bonchev–Trinajstić information content (AvgIpc) is 3.97. The molecule has 6 heteroatoms. The zero-order valence-electron chi connectivity index (χ0n) is 31.4. The van der Waals surface area contributed by atoms with Gasteiger partial charge in [0.15, 0.2) is 17.5 Å². The van der Waals surface area contributed by atoms with Gasteiger partial charge in [-0.3, -0.25) is 0 Å². The fourth-order valence-corrected chi connectivity index (χ4v) is 10.4. The molecule has 5 nitrogen and oxygen atoms in total. The van der Waals surface area contributed by atoms with Crippen molar-refractivity contribution in [2.45, 2.75) is 0 Å². The highest BCUT2D eigenvalue weighted by Gasteiger charge is 2.23. The van der Waals surface area contributed by atoms with Crippen LogP contribution in [0.15, 0.2) is 186 Å². The minimum Gasteiger partial charge on any atom is -0.456 e. The molecule has 0 spiro atoms. The summed E-state index contributed by atoms with van der Waals surface area (Å²) in [5.41, 5.74) is 7.77. The van der Waals surface area contributed by atoms with E-state index in [-0.39, 0.29) is 0 Å². The van der Waals surface area contributed by atoms with Gasteiger partial charge in [-0.05, 0) is 52.6 Å². The highest BCUT2D eigenvalue weighted by Crippen LogP contribution is 2.45. The van der Waals surface area contributed by atoms with Crippen LogP contribution in [-0.4, -0.2) is 19.5 Å². The maximum Gasteiger partial charge on any atom is 0.164 e. The molecule has 9 aromatic carbocycles. The van der Waals surface area contributed by atoms with Gasteiger partial charge in [-0.2, -0.15) is 0 Å². The molecular formula is C53H30N4OS. The summed E-state index contributed by atoms with van der Waals surface area (Å²) in [5, 5.41) is 11.5. The van der Waals surface area contributed by atoms with Crippen LogP contribution in [0.2, 0.25) is 0 Å². The molecule has 4 heterocycles. The van der Waals surface area contributed by atoms with E-state index >= 15 is 0 Å². The summed E-state index contributed by atoms with van der Waals surface area (Å²) in [4.78, 5) is 15.8. The van der Waals surface area contributed by atoms with Gasteiger partial charge < -0.3 is 8.98 Å². The van der Waals surface area contributed by atoms with E-state index in [0.29, 0.717) is 17.5 Å². The van der Waals surface area contributed by atoms with E-state index in [9.17, 15) is 0 Å². The number of benzene rings is 9. The van der Waals surface area contributed by atoms with E-state index in [1.54, 1.807) is 11.3 Å². The smallest absolute Gasteiger partial charge is 0.164 e. The number of thiophene rings is 1. The number of furan rings is 1. The maximum absolute atomic E-state index is 6.90. The predicted molar refractivity (Wildman–Crippen MR) is 246 cm³/mol. The summed E-state index contributed by atoms with van der Waals surface area (Å²) < 4.78 is 11.7. The monoisotopic (exact) mass is 770 g/mol. The van der Waals surface area contributed by atoms with Gasteiger partial charge in [-0.1, -0.05) is 140 Å². The lowest BCUT2D eigenvalue weighted by Gasteiger charge is -2.13. The van der Waals surface area contributed by atoms with E-state index in [1.807, 2.05) is 24.3 Å². The molecule has 0 N–H and O–H groups in total. The predicted octanol–water partition coefficient (Wildman–Crippen LogP) is 14.5. The Bertz CT molecular complexity index is 3860. The van der Waals surface area contributed by atoms with E-state index in [2.05, 4.69) is 162 Å². The van der Waals surface area contributed by atoms with Gasteiger partial charge in [-0.25, -0.2) is 15.0 Å². The Hall–Kier alpha value is -7.67. The first kappa shape index (κ1) is 32.4. The number of aromatic nitrogens is 4. The Morgan fingerprint density at radius 1 is 0.390 bits per heavy atom. The van der Waals surface area contributed by atoms with Crippen molar-refractivity contribution in [3.63, 3.8) is 0 Å². The minimum absolute atomic E-state index is 0.598. The molecule has 59 heavy (non-hydrogen) atoms. The third-order valence-electron chi connectivity index (χ3n) is 11.8. The van der Waals surface area contributed by atoms with Crippen molar-refractivity contribution in [1.29, 1.82) is 0 Å². The van der Waals surface area contributed by atoms with E-state index in [1.165, 1.54) is 36.3 Å². The summed E-state index contributed by atoms with van der Waals surface area (Å²) in [5.74, 6) is 1.86. The summed E-state index contributed by atoms with van der Waals surface area (Å²) in [7, 11) is 0. The number of nitrogens with zero attached hydrogens (tertiary/aromatic N) is 4. The lowest BCUT2D eigenvalue weighted by molar-refractivity contribution is 0.669. The van der Waals surface area contributed by atoms with Crippen LogP contribution >= 0.6 is 11.3 Å². The molecule has 0 aliphatic carbocycles. The minimum atomic E-state index is 0.598. The van der Waals surface area contributed by atoms with Crippen LogP contribution in [0.25, 0.3) is 125 Å². The highest BCUT2D eigenvalue weighted by molar-refractivity contribution is 7.25. The quantitative estimate of drug-likeness (QED) is 0.179. The number of hydrogen-bond acceptors (Lipinski definition) is 5. The third-order valence-corrected chi connectivity index (χ3v) is 13.0. The van der Waals surface area contributed by atoms with Crippen molar-refractivity contribution in [3.05, 3.63) is 182 Å². The average molecular weight is 771 g/mol. The first-order valence-electron chi connectivity index (χ1n) is 19.8. The molecule has 0 unspecified atom stereocenters. The Balaban J connectivity index is 1.10. The zero-order valence-corrected chi connectivity index (χ0v) is 32.2. The SMILES string of the molecule is c1ccc(-c2nc(-c3cccc4sc5ccccc5c34)nc(-c3cccc4oc5cc(-n6c7ccccc7c7cc8ccccc8cc76)c6ccccc6c5c34)n2)cc1. The molecule has 0 atom stereocenters. The topological polar surface area (TPSA) is 56.7 Å².